The van der Waals surface area contributed by atoms with Gasteiger partial charge in [0.25, 0.3) is 5.91 Å². The van der Waals surface area contributed by atoms with Crippen LogP contribution in [0.15, 0.2) is 47.6 Å². The van der Waals surface area contributed by atoms with Crippen molar-refractivity contribution in [2.45, 2.75) is 4.90 Å². The molecule has 0 N–H and O–H groups in total. The summed E-state index contributed by atoms with van der Waals surface area (Å²) in [5.41, 5.74) is 0.662. The van der Waals surface area contributed by atoms with E-state index in [2.05, 4.69) is 9.97 Å². The molecule has 1 saturated heterocycles. The van der Waals surface area contributed by atoms with Gasteiger partial charge in [0, 0.05) is 49.7 Å². The monoisotopic (exact) mass is 468 g/mol. The predicted octanol–water partition coefficient (Wildman–Crippen LogP) is 3.22. The van der Waals surface area contributed by atoms with Crippen LogP contribution in [0.25, 0.3) is 11.0 Å². The Kier molecular flexibility index (Phi) is 5.63. The van der Waals surface area contributed by atoms with Crippen molar-refractivity contribution in [1.82, 2.24) is 19.2 Å². The minimum atomic E-state index is -3.87. The van der Waals surface area contributed by atoms with Gasteiger partial charge in [0.15, 0.2) is 0 Å². The van der Waals surface area contributed by atoms with E-state index in [1.807, 2.05) is 0 Å². The van der Waals surface area contributed by atoms with Gasteiger partial charge < -0.3 is 4.90 Å². The van der Waals surface area contributed by atoms with Crippen LogP contribution < -0.4 is 0 Å². The van der Waals surface area contributed by atoms with Crippen molar-refractivity contribution in [3.63, 3.8) is 0 Å². The zero-order valence-electron chi connectivity index (χ0n) is 15.4. The number of nitrogens with zero attached hydrogens (tertiary/aromatic N) is 4. The van der Waals surface area contributed by atoms with Crippen LogP contribution in [0, 0.1) is 5.82 Å². The topological polar surface area (TPSA) is 83.5 Å². The SMILES string of the molecule is O=C(c1cc(F)cc2nccnc12)N1CCN(S(=O)(=O)c2cc(Cl)ccc2Cl)CC1. The number of aromatic nitrogens is 2. The number of benzene rings is 2. The summed E-state index contributed by atoms with van der Waals surface area (Å²) in [5.74, 6) is -1.03. The number of hydrogen-bond acceptors (Lipinski definition) is 5. The van der Waals surface area contributed by atoms with Crippen LogP contribution in [-0.2, 0) is 10.0 Å². The average Bonchev–Trinajstić information content (AvgIpc) is 2.74. The lowest BCUT2D eigenvalue weighted by molar-refractivity contribution is 0.0699. The second kappa shape index (κ2) is 8.07. The summed E-state index contributed by atoms with van der Waals surface area (Å²) in [6, 6.07) is 6.55. The molecule has 3 aromatic rings. The second-order valence-corrected chi connectivity index (χ2v) is 9.40. The average molecular weight is 469 g/mol. The maximum absolute atomic E-state index is 14.0. The Morgan fingerprint density at radius 1 is 1.00 bits per heavy atom. The molecule has 0 atom stereocenters. The number of sulfonamides is 1. The van der Waals surface area contributed by atoms with Crippen molar-refractivity contribution in [2.24, 2.45) is 0 Å². The van der Waals surface area contributed by atoms with Gasteiger partial charge in [0.05, 0.1) is 16.1 Å². The standard InChI is InChI=1S/C19H15Cl2FN4O3S/c20-12-1-2-15(21)17(9-12)30(28,29)26-7-5-25(6-8-26)19(27)14-10-13(22)11-16-18(14)24-4-3-23-16/h1-4,9-11H,5-8H2. The Labute approximate surface area is 182 Å². The molecular formula is C19H15Cl2FN4O3S. The molecule has 2 aromatic carbocycles. The first-order valence-electron chi connectivity index (χ1n) is 8.92. The zero-order valence-corrected chi connectivity index (χ0v) is 17.8. The van der Waals surface area contributed by atoms with Crippen LogP contribution in [0.2, 0.25) is 10.0 Å². The van der Waals surface area contributed by atoms with E-state index < -0.39 is 21.7 Å². The molecule has 1 aliphatic heterocycles. The number of carbonyl (C=O) groups excluding carboxylic acids is 1. The summed E-state index contributed by atoms with van der Waals surface area (Å²) in [6.07, 6.45) is 2.84. The number of halogens is 3. The largest absolute Gasteiger partial charge is 0.336 e. The van der Waals surface area contributed by atoms with E-state index in [9.17, 15) is 17.6 Å². The van der Waals surface area contributed by atoms with Gasteiger partial charge in [0.2, 0.25) is 10.0 Å². The molecule has 1 fully saturated rings. The highest BCUT2D eigenvalue weighted by Crippen LogP contribution is 2.28. The molecule has 0 spiro atoms. The summed E-state index contributed by atoms with van der Waals surface area (Å²) in [6.45, 7) is 0.398. The molecule has 0 radical (unpaired) electrons. The van der Waals surface area contributed by atoms with Gasteiger partial charge in [-0.3, -0.25) is 14.8 Å². The number of amides is 1. The van der Waals surface area contributed by atoms with Crippen molar-refractivity contribution in [1.29, 1.82) is 0 Å². The molecule has 7 nitrogen and oxygen atoms in total. The van der Waals surface area contributed by atoms with Crippen molar-refractivity contribution in [3.8, 4) is 0 Å². The molecular weight excluding hydrogens is 454 g/mol. The van der Waals surface area contributed by atoms with E-state index in [1.165, 1.54) is 45.9 Å². The summed E-state index contributed by atoms with van der Waals surface area (Å²) in [5, 5.41) is 0.327. The third kappa shape index (κ3) is 3.85. The molecule has 0 unspecified atom stereocenters. The van der Waals surface area contributed by atoms with E-state index in [-0.39, 0.29) is 52.2 Å². The Morgan fingerprint density at radius 2 is 1.70 bits per heavy atom. The molecule has 0 aliphatic carbocycles. The Bertz CT molecular complexity index is 1250. The number of carbonyl (C=O) groups is 1. The number of hydrogen-bond donors (Lipinski definition) is 0. The predicted molar refractivity (Wildman–Crippen MR) is 111 cm³/mol. The molecule has 30 heavy (non-hydrogen) atoms. The number of rotatable bonds is 3. The Hall–Kier alpha value is -2.33. The minimum absolute atomic E-state index is 0.0653. The maximum Gasteiger partial charge on any atom is 0.256 e. The van der Waals surface area contributed by atoms with E-state index in [0.717, 1.165) is 6.07 Å². The van der Waals surface area contributed by atoms with Gasteiger partial charge in [-0.2, -0.15) is 4.31 Å². The van der Waals surface area contributed by atoms with E-state index in [0.29, 0.717) is 5.52 Å². The third-order valence-electron chi connectivity index (χ3n) is 4.81. The van der Waals surface area contributed by atoms with Crippen molar-refractivity contribution in [2.75, 3.05) is 26.2 Å². The van der Waals surface area contributed by atoms with Gasteiger partial charge in [-0.1, -0.05) is 23.2 Å². The minimum Gasteiger partial charge on any atom is -0.336 e. The normalized spacial score (nSPS) is 15.5. The van der Waals surface area contributed by atoms with Gasteiger partial charge >= 0.3 is 0 Å². The molecule has 1 aliphatic rings. The quantitative estimate of drug-likeness (QED) is 0.589. The lowest BCUT2D eigenvalue weighted by Gasteiger charge is -2.34. The highest BCUT2D eigenvalue weighted by molar-refractivity contribution is 7.89. The van der Waals surface area contributed by atoms with Crippen LogP contribution in [0.1, 0.15) is 10.4 Å². The first-order chi connectivity index (χ1) is 14.3. The summed E-state index contributed by atoms with van der Waals surface area (Å²) in [7, 11) is -3.87. The molecule has 4 rings (SSSR count). The third-order valence-corrected chi connectivity index (χ3v) is 7.42. The molecule has 2 heterocycles. The fourth-order valence-corrected chi connectivity index (χ4v) is 5.48. The zero-order chi connectivity index (χ0) is 21.5. The maximum atomic E-state index is 14.0. The van der Waals surface area contributed by atoms with Crippen LogP contribution in [0.5, 0.6) is 0 Å². The molecule has 0 bridgehead atoms. The van der Waals surface area contributed by atoms with Crippen LogP contribution >= 0.6 is 23.2 Å². The van der Waals surface area contributed by atoms with E-state index in [1.54, 1.807) is 0 Å². The fraction of sp³-hybridized carbons (Fsp3) is 0.211. The van der Waals surface area contributed by atoms with Gasteiger partial charge in [0.1, 0.15) is 16.2 Å². The molecule has 11 heteroatoms. The number of fused-ring (bicyclic) bond motifs is 1. The summed E-state index contributed by atoms with van der Waals surface area (Å²) in [4.78, 5) is 22.5. The van der Waals surface area contributed by atoms with Crippen molar-refractivity contribution in [3.05, 3.63) is 64.2 Å². The van der Waals surface area contributed by atoms with Crippen LogP contribution in [-0.4, -0.2) is 59.7 Å². The molecule has 0 saturated carbocycles. The van der Waals surface area contributed by atoms with Gasteiger partial charge in [-0.05, 0) is 24.3 Å². The van der Waals surface area contributed by atoms with E-state index in [4.69, 9.17) is 23.2 Å². The lowest BCUT2D eigenvalue weighted by Crippen LogP contribution is -2.50. The highest BCUT2D eigenvalue weighted by atomic mass is 35.5. The van der Waals surface area contributed by atoms with Gasteiger partial charge in [-0.25, -0.2) is 12.8 Å². The van der Waals surface area contributed by atoms with E-state index >= 15 is 0 Å². The molecule has 1 amide bonds. The fourth-order valence-electron chi connectivity index (χ4n) is 3.32. The Morgan fingerprint density at radius 3 is 2.43 bits per heavy atom. The smallest absolute Gasteiger partial charge is 0.256 e. The summed E-state index contributed by atoms with van der Waals surface area (Å²) < 4.78 is 41.1. The Balaban J connectivity index is 1.55. The summed E-state index contributed by atoms with van der Waals surface area (Å²) >= 11 is 12.0. The van der Waals surface area contributed by atoms with Crippen LogP contribution in [0.3, 0.4) is 0 Å². The molecule has 1 aromatic heterocycles. The first kappa shape index (κ1) is 20.9. The number of piperazine rings is 1. The van der Waals surface area contributed by atoms with Crippen LogP contribution in [0.4, 0.5) is 4.39 Å². The second-order valence-electron chi connectivity index (χ2n) is 6.65. The molecule has 156 valence electrons. The first-order valence-corrected chi connectivity index (χ1v) is 11.1. The van der Waals surface area contributed by atoms with Crippen molar-refractivity contribution < 1.29 is 17.6 Å². The highest BCUT2D eigenvalue weighted by Gasteiger charge is 2.32. The lowest BCUT2D eigenvalue weighted by atomic mass is 10.1. The van der Waals surface area contributed by atoms with Crippen molar-refractivity contribution >= 4 is 50.2 Å². The van der Waals surface area contributed by atoms with Gasteiger partial charge in [-0.15, -0.1) is 0 Å².